The molecule has 130 valence electrons. The van der Waals surface area contributed by atoms with Crippen molar-refractivity contribution < 1.29 is 14.1 Å². The molecule has 1 aliphatic carbocycles. The molecule has 2 aliphatic heterocycles. The molecule has 3 heterocycles. The number of nitrogens with zero attached hydrogens (tertiary/aromatic N) is 4. The van der Waals surface area contributed by atoms with Gasteiger partial charge in [0.25, 0.3) is 0 Å². The normalized spacial score (nSPS) is 25.5. The molecule has 7 nitrogen and oxygen atoms in total. The van der Waals surface area contributed by atoms with E-state index in [4.69, 9.17) is 4.52 Å². The minimum absolute atomic E-state index is 0.137. The van der Waals surface area contributed by atoms with Crippen LogP contribution in [0.2, 0.25) is 0 Å². The fraction of sp³-hybridized carbons (Fsp3) is 0.706. The minimum Gasteiger partial charge on any atom is -0.360 e. The van der Waals surface area contributed by atoms with E-state index in [0.717, 1.165) is 57.0 Å². The molecule has 0 spiro atoms. The molecular weight excluding hydrogens is 308 g/mol. The zero-order chi connectivity index (χ0) is 16.7. The van der Waals surface area contributed by atoms with E-state index in [1.807, 2.05) is 22.8 Å². The molecule has 1 atom stereocenters. The third kappa shape index (κ3) is 3.17. The van der Waals surface area contributed by atoms with Crippen LogP contribution in [0.25, 0.3) is 0 Å². The Labute approximate surface area is 141 Å². The Hall–Kier alpha value is -1.89. The molecule has 7 heteroatoms. The largest absolute Gasteiger partial charge is 0.360 e. The van der Waals surface area contributed by atoms with Crippen LogP contribution in [0.1, 0.15) is 30.7 Å². The van der Waals surface area contributed by atoms with Crippen molar-refractivity contribution in [2.24, 2.45) is 5.92 Å². The van der Waals surface area contributed by atoms with Crippen molar-refractivity contribution in [1.29, 1.82) is 0 Å². The van der Waals surface area contributed by atoms with Crippen molar-refractivity contribution in [3.05, 3.63) is 17.5 Å². The van der Waals surface area contributed by atoms with Crippen LogP contribution in [0.5, 0.6) is 0 Å². The number of amides is 2. The number of piperazine rings is 1. The van der Waals surface area contributed by atoms with Gasteiger partial charge in [-0.15, -0.1) is 0 Å². The molecule has 0 aromatic carbocycles. The first kappa shape index (κ1) is 15.6. The lowest BCUT2D eigenvalue weighted by molar-refractivity contribution is -0.137. The Balaban J connectivity index is 1.27. The SMILES string of the molecule is Cc1cc(CN2CCN(C(=O)[C@@H]3CC(=O)N(C4CC4)C3)CC2)on1. The summed E-state index contributed by atoms with van der Waals surface area (Å²) >= 11 is 0. The fourth-order valence-corrected chi connectivity index (χ4v) is 3.73. The van der Waals surface area contributed by atoms with Gasteiger partial charge < -0.3 is 14.3 Å². The minimum atomic E-state index is -0.137. The summed E-state index contributed by atoms with van der Waals surface area (Å²) in [7, 11) is 0. The first-order valence-electron chi connectivity index (χ1n) is 8.83. The maximum atomic E-state index is 12.7. The number of likely N-dealkylation sites (tertiary alicyclic amines) is 1. The van der Waals surface area contributed by atoms with E-state index in [1.165, 1.54) is 0 Å². The maximum Gasteiger partial charge on any atom is 0.228 e. The quantitative estimate of drug-likeness (QED) is 0.809. The van der Waals surface area contributed by atoms with Crippen molar-refractivity contribution in [3.8, 4) is 0 Å². The molecule has 24 heavy (non-hydrogen) atoms. The Morgan fingerprint density at radius 2 is 2.04 bits per heavy atom. The molecule has 2 saturated heterocycles. The molecule has 1 aromatic heterocycles. The van der Waals surface area contributed by atoms with E-state index in [2.05, 4.69) is 10.1 Å². The highest BCUT2D eigenvalue weighted by Gasteiger charge is 2.43. The number of rotatable bonds is 4. The van der Waals surface area contributed by atoms with E-state index >= 15 is 0 Å². The van der Waals surface area contributed by atoms with Gasteiger partial charge in [-0.3, -0.25) is 14.5 Å². The van der Waals surface area contributed by atoms with Gasteiger partial charge >= 0.3 is 0 Å². The standard InChI is InChI=1S/C17H24N4O3/c1-12-8-15(24-18-12)11-19-4-6-20(7-5-19)17(23)13-9-16(22)21(10-13)14-2-3-14/h8,13-14H,2-7,9-11H2,1H3/t13-/m1/s1. The van der Waals surface area contributed by atoms with Gasteiger partial charge in [-0.1, -0.05) is 5.16 Å². The van der Waals surface area contributed by atoms with Gasteiger partial charge in [-0.25, -0.2) is 0 Å². The van der Waals surface area contributed by atoms with Gasteiger partial charge in [0.1, 0.15) is 0 Å². The number of aryl methyl sites for hydroxylation is 1. The summed E-state index contributed by atoms with van der Waals surface area (Å²) in [4.78, 5) is 30.9. The third-order valence-electron chi connectivity index (χ3n) is 5.24. The van der Waals surface area contributed by atoms with E-state index in [-0.39, 0.29) is 17.7 Å². The van der Waals surface area contributed by atoms with Crippen molar-refractivity contribution in [3.63, 3.8) is 0 Å². The van der Waals surface area contributed by atoms with Crippen LogP contribution >= 0.6 is 0 Å². The van der Waals surface area contributed by atoms with Crippen LogP contribution in [0, 0.1) is 12.8 Å². The van der Waals surface area contributed by atoms with Gasteiger partial charge in [0.15, 0.2) is 5.76 Å². The Bertz CT molecular complexity index is 632. The van der Waals surface area contributed by atoms with Crippen molar-refractivity contribution in [2.45, 2.75) is 38.8 Å². The molecule has 2 amide bonds. The number of aromatic nitrogens is 1. The summed E-state index contributed by atoms with van der Waals surface area (Å²) in [6, 6.07) is 2.37. The van der Waals surface area contributed by atoms with Gasteiger partial charge in [0.05, 0.1) is 18.2 Å². The van der Waals surface area contributed by atoms with Crippen molar-refractivity contribution in [2.75, 3.05) is 32.7 Å². The van der Waals surface area contributed by atoms with Gasteiger partial charge in [-0.2, -0.15) is 0 Å². The average Bonchev–Trinajstić information content (AvgIpc) is 3.23. The molecular formula is C17H24N4O3. The van der Waals surface area contributed by atoms with Crippen LogP contribution in [0.15, 0.2) is 10.6 Å². The van der Waals surface area contributed by atoms with Crippen LogP contribution < -0.4 is 0 Å². The fourth-order valence-electron chi connectivity index (χ4n) is 3.73. The number of hydrogen-bond donors (Lipinski definition) is 0. The summed E-state index contributed by atoms with van der Waals surface area (Å²) in [5.41, 5.74) is 0.893. The second kappa shape index (κ2) is 6.20. The highest BCUT2D eigenvalue weighted by atomic mass is 16.5. The lowest BCUT2D eigenvalue weighted by Crippen LogP contribution is -2.50. The second-order valence-corrected chi connectivity index (χ2v) is 7.21. The van der Waals surface area contributed by atoms with Crippen molar-refractivity contribution in [1.82, 2.24) is 19.9 Å². The molecule has 1 saturated carbocycles. The van der Waals surface area contributed by atoms with Gasteiger partial charge in [-0.05, 0) is 19.8 Å². The van der Waals surface area contributed by atoms with Crippen LogP contribution in [-0.4, -0.2) is 70.4 Å². The molecule has 0 unspecified atom stereocenters. The van der Waals surface area contributed by atoms with E-state index < -0.39 is 0 Å². The highest BCUT2D eigenvalue weighted by molar-refractivity contribution is 5.89. The monoisotopic (exact) mass is 332 g/mol. The summed E-state index contributed by atoms with van der Waals surface area (Å²) in [6.07, 6.45) is 2.60. The number of carbonyl (C=O) groups is 2. The highest BCUT2D eigenvalue weighted by Crippen LogP contribution is 2.33. The topological polar surface area (TPSA) is 69.9 Å². The number of carbonyl (C=O) groups excluding carboxylic acids is 2. The van der Waals surface area contributed by atoms with Crippen LogP contribution in [0.3, 0.4) is 0 Å². The molecule has 4 rings (SSSR count). The molecule has 1 aromatic rings. The van der Waals surface area contributed by atoms with Crippen molar-refractivity contribution >= 4 is 11.8 Å². The first-order valence-corrected chi connectivity index (χ1v) is 8.83. The Kier molecular flexibility index (Phi) is 4.04. The molecule has 0 N–H and O–H groups in total. The zero-order valence-corrected chi connectivity index (χ0v) is 14.1. The lowest BCUT2D eigenvalue weighted by Gasteiger charge is -2.35. The average molecular weight is 332 g/mol. The van der Waals surface area contributed by atoms with E-state index in [0.29, 0.717) is 19.0 Å². The second-order valence-electron chi connectivity index (χ2n) is 7.21. The first-order chi connectivity index (χ1) is 11.6. The predicted octanol–water partition coefficient (Wildman–Crippen LogP) is 0.638. The maximum absolute atomic E-state index is 12.7. The summed E-state index contributed by atoms with van der Waals surface area (Å²) in [5.74, 6) is 1.05. The molecule has 0 radical (unpaired) electrons. The van der Waals surface area contributed by atoms with Gasteiger partial charge in [0.2, 0.25) is 11.8 Å². The Morgan fingerprint density at radius 1 is 1.29 bits per heavy atom. The summed E-state index contributed by atoms with van der Waals surface area (Å²) in [6.45, 7) is 6.38. The molecule has 0 bridgehead atoms. The van der Waals surface area contributed by atoms with Crippen LogP contribution in [0.4, 0.5) is 0 Å². The predicted molar refractivity (Wildman–Crippen MR) is 85.9 cm³/mol. The molecule has 3 fully saturated rings. The van der Waals surface area contributed by atoms with E-state index in [9.17, 15) is 9.59 Å². The smallest absolute Gasteiger partial charge is 0.228 e. The summed E-state index contributed by atoms with van der Waals surface area (Å²) in [5, 5.41) is 3.91. The Morgan fingerprint density at radius 3 is 2.67 bits per heavy atom. The van der Waals surface area contributed by atoms with E-state index in [1.54, 1.807) is 0 Å². The third-order valence-corrected chi connectivity index (χ3v) is 5.24. The van der Waals surface area contributed by atoms with Gasteiger partial charge in [0, 0.05) is 51.3 Å². The zero-order valence-electron chi connectivity index (χ0n) is 14.1. The molecule has 3 aliphatic rings. The number of hydrogen-bond acceptors (Lipinski definition) is 5. The van der Waals surface area contributed by atoms with Crippen LogP contribution in [-0.2, 0) is 16.1 Å². The summed E-state index contributed by atoms with van der Waals surface area (Å²) < 4.78 is 5.26. The lowest BCUT2D eigenvalue weighted by atomic mass is 10.1.